The van der Waals surface area contributed by atoms with Gasteiger partial charge in [-0.3, -0.25) is 4.79 Å². The number of carbonyl (C=O) groups excluding carboxylic acids is 1. The summed E-state index contributed by atoms with van der Waals surface area (Å²) in [6, 6.07) is 5.62. The van der Waals surface area contributed by atoms with Crippen molar-refractivity contribution in [3.05, 3.63) is 23.8 Å². The Morgan fingerprint density at radius 2 is 2.05 bits per heavy atom. The molecule has 1 unspecified atom stereocenters. The van der Waals surface area contributed by atoms with Crippen LogP contribution in [0.2, 0.25) is 0 Å². The van der Waals surface area contributed by atoms with Crippen LogP contribution in [0.4, 0.5) is 11.4 Å². The van der Waals surface area contributed by atoms with Gasteiger partial charge in [-0.1, -0.05) is 6.07 Å². The van der Waals surface area contributed by atoms with E-state index in [1.165, 1.54) is 25.1 Å². The smallest absolute Gasteiger partial charge is 0.245 e. The van der Waals surface area contributed by atoms with Crippen molar-refractivity contribution in [2.75, 3.05) is 43.9 Å². The lowest BCUT2D eigenvalue weighted by Crippen LogP contribution is -2.37. The molecule has 2 heterocycles. The Balaban J connectivity index is 1.67. The van der Waals surface area contributed by atoms with E-state index < -0.39 is 6.04 Å². The number of hydrogen-bond acceptors (Lipinski definition) is 4. The molecule has 1 fully saturated rings. The lowest BCUT2D eigenvalue weighted by molar-refractivity contribution is -0.116. The van der Waals surface area contributed by atoms with E-state index >= 15 is 0 Å². The summed E-state index contributed by atoms with van der Waals surface area (Å²) < 4.78 is 0. The number of fused-ring (bicyclic) bond motifs is 1. The Labute approximate surface area is 126 Å². The second kappa shape index (κ2) is 5.66. The first-order valence-corrected chi connectivity index (χ1v) is 7.64. The van der Waals surface area contributed by atoms with Crippen molar-refractivity contribution in [3.63, 3.8) is 0 Å². The van der Waals surface area contributed by atoms with Crippen molar-refractivity contribution in [1.29, 1.82) is 0 Å². The molecule has 0 aliphatic carbocycles. The Bertz CT molecular complexity index is 535. The van der Waals surface area contributed by atoms with Gasteiger partial charge in [-0.25, -0.2) is 0 Å². The van der Waals surface area contributed by atoms with Crippen molar-refractivity contribution >= 4 is 17.3 Å². The lowest BCUT2D eigenvalue weighted by Gasteiger charge is -2.34. The standard InChI is InChI=1S/C16H24N4O/c1-19(2)10-11-5-7-20(8-6-11)12-3-4-13-14(9-12)18-16(21)15(13)17/h3-4,9,11,15H,5-8,10,17H2,1-2H3,(H,18,21). The molecule has 1 aromatic carbocycles. The van der Waals surface area contributed by atoms with E-state index in [9.17, 15) is 4.79 Å². The third kappa shape index (κ3) is 2.89. The van der Waals surface area contributed by atoms with Gasteiger partial charge in [0.2, 0.25) is 5.91 Å². The summed E-state index contributed by atoms with van der Waals surface area (Å²) in [5, 5.41) is 2.86. The molecule has 114 valence electrons. The molecule has 0 aromatic heterocycles. The molecule has 2 aliphatic rings. The summed E-state index contributed by atoms with van der Waals surface area (Å²) in [6.45, 7) is 3.33. The predicted molar refractivity (Wildman–Crippen MR) is 85.5 cm³/mol. The molecule has 3 N–H and O–H groups in total. The van der Waals surface area contributed by atoms with Crippen molar-refractivity contribution in [2.45, 2.75) is 18.9 Å². The maximum absolute atomic E-state index is 11.6. The topological polar surface area (TPSA) is 61.6 Å². The van der Waals surface area contributed by atoms with Crippen LogP contribution in [0.1, 0.15) is 24.4 Å². The second-order valence-electron chi connectivity index (χ2n) is 6.43. The van der Waals surface area contributed by atoms with Gasteiger partial charge >= 0.3 is 0 Å². The number of carbonyl (C=O) groups is 1. The van der Waals surface area contributed by atoms with Crippen molar-refractivity contribution < 1.29 is 4.79 Å². The molecule has 0 spiro atoms. The molecule has 21 heavy (non-hydrogen) atoms. The minimum atomic E-state index is -0.514. The van der Waals surface area contributed by atoms with Gasteiger partial charge in [-0.2, -0.15) is 0 Å². The molecule has 5 heteroatoms. The minimum absolute atomic E-state index is 0.105. The fraction of sp³-hybridized carbons (Fsp3) is 0.562. The van der Waals surface area contributed by atoms with Crippen LogP contribution in [0, 0.1) is 5.92 Å². The number of nitrogens with zero attached hydrogens (tertiary/aromatic N) is 2. The van der Waals surface area contributed by atoms with E-state index in [-0.39, 0.29) is 5.91 Å². The maximum atomic E-state index is 11.6. The third-order valence-corrected chi connectivity index (χ3v) is 4.52. The van der Waals surface area contributed by atoms with Crippen LogP contribution in [-0.4, -0.2) is 44.5 Å². The quantitative estimate of drug-likeness (QED) is 0.883. The molecule has 5 nitrogen and oxygen atoms in total. The van der Waals surface area contributed by atoms with Crippen LogP contribution >= 0.6 is 0 Å². The van der Waals surface area contributed by atoms with E-state index in [1.807, 2.05) is 6.07 Å². The summed E-state index contributed by atoms with van der Waals surface area (Å²) in [6.07, 6.45) is 2.45. The molecule has 0 saturated carbocycles. The number of anilines is 2. The highest BCUT2D eigenvalue weighted by atomic mass is 16.2. The van der Waals surface area contributed by atoms with E-state index in [2.05, 4.69) is 41.3 Å². The van der Waals surface area contributed by atoms with Crippen LogP contribution < -0.4 is 16.0 Å². The number of rotatable bonds is 3. The second-order valence-corrected chi connectivity index (χ2v) is 6.43. The highest BCUT2D eigenvalue weighted by Crippen LogP contribution is 2.34. The summed E-state index contributed by atoms with van der Waals surface area (Å²) in [5.74, 6) is 0.686. The zero-order valence-electron chi connectivity index (χ0n) is 12.8. The molecule has 0 bridgehead atoms. The van der Waals surface area contributed by atoms with Crippen molar-refractivity contribution in [1.82, 2.24) is 4.90 Å². The van der Waals surface area contributed by atoms with Crippen LogP contribution in [0.25, 0.3) is 0 Å². The van der Waals surface area contributed by atoms with Crippen LogP contribution in [-0.2, 0) is 4.79 Å². The highest BCUT2D eigenvalue weighted by Gasteiger charge is 2.28. The van der Waals surface area contributed by atoms with Gasteiger partial charge in [0.05, 0.1) is 0 Å². The lowest BCUT2D eigenvalue weighted by atomic mass is 9.96. The molecule has 1 saturated heterocycles. The highest BCUT2D eigenvalue weighted by molar-refractivity contribution is 6.02. The molecule has 3 rings (SSSR count). The van der Waals surface area contributed by atoms with Gasteiger partial charge in [0.1, 0.15) is 6.04 Å². The molecule has 0 radical (unpaired) electrons. The zero-order chi connectivity index (χ0) is 15.0. The number of piperidine rings is 1. The van der Waals surface area contributed by atoms with E-state index in [0.29, 0.717) is 0 Å². The monoisotopic (exact) mass is 288 g/mol. The normalized spacial score (nSPS) is 22.6. The predicted octanol–water partition coefficient (Wildman–Crippen LogP) is 1.42. The first-order valence-electron chi connectivity index (χ1n) is 7.64. The van der Waals surface area contributed by atoms with E-state index in [1.54, 1.807) is 0 Å². The SMILES string of the molecule is CN(C)CC1CCN(c2ccc3c(c2)NC(=O)C3N)CC1. The number of amides is 1. The van der Waals surface area contributed by atoms with E-state index in [4.69, 9.17) is 5.73 Å². The van der Waals surface area contributed by atoms with E-state index in [0.717, 1.165) is 30.3 Å². The zero-order valence-corrected chi connectivity index (χ0v) is 12.8. The van der Waals surface area contributed by atoms with Crippen molar-refractivity contribution in [3.8, 4) is 0 Å². The maximum Gasteiger partial charge on any atom is 0.245 e. The van der Waals surface area contributed by atoms with Gasteiger partial charge in [0.15, 0.2) is 0 Å². The summed E-state index contributed by atoms with van der Waals surface area (Å²) in [7, 11) is 4.28. The van der Waals surface area contributed by atoms with Crippen LogP contribution in [0.5, 0.6) is 0 Å². The number of nitrogens with two attached hydrogens (primary N) is 1. The average molecular weight is 288 g/mol. The Morgan fingerprint density at radius 3 is 2.71 bits per heavy atom. The van der Waals surface area contributed by atoms with Crippen LogP contribution in [0.15, 0.2) is 18.2 Å². The van der Waals surface area contributed by atoms with Gasteiger partial charge in [0, 0.05) is 36.6 Å². The molecule has 2 aliphatic heterocycles. The molecule has 1 amide bonds. The fourth-order valence-electron chi connectivity index (χ4n) is 3.36. The van der Waals surface area contributed by atoms with Crippen molar-refractivity contribution in [2.24, 2.45) is 11.7 Å². The van der Waals surface area contributed by atoms with Gasteiger partial charge in [-0.15, -0.1) is 0 Å². The summed E-state index contributed by atoms with van der Waals surface area (Å²) >= 11 is 0. The van der Waals surface area contributed by atoms with Crippen LogP contribution in [0.3, 0.4) is 0 Å². The largest absolute Gasteiger partial charge is 0.371 e. The Morgan fingerprint density at radius 1 is 1.33 bits per heavy atom. The first kappa shape index (κ1) is 14.4. The first-order chi connectivity index (χ1) is 10.0. The Hall–Kier alpha value is -1.59. The summed E-state index contributed by atoms with van der Waals surface area (Å²) in [4.78, 5) is 16.3. The summed E-state index contributed by atoms with van der Waals surface area (Å²) in [5.41, 5.74) is 8.82. The van der Waals surface area contributed by atoms with Gasteiger partial charge in [0.25, 0.3) is 0 Å². The van der Waals surface area contributed by atoms with Gasteiger partial charge in [-0.05, 0) is 45.0 Å². The fourth-order valence-corrected chi connectivity index (χ4v) is 3.36. The Kier molecular flexibility index (Phi) is 3.87. The van der Waals surface area contributed by atoms with Gasteiger partial charge < -0.3 is 20.9 Å². The molecular formula is C16H24N4O. The number of benzene rings is 1. The number of nitrogens with one attached hydrogen (secondary N) is 1. The minimum Gasteiger partial charge on any atom is -0.371 e. The third-order valence-electron chi connectivity index (χ3n) is 4.52. The number of hydrogen-bond donors (Lipinski definition) is 2. The molecular weight excluding hydrogens is 264 g/mol. The molecule has 1 aromatic rings. The molecule has 1 atom stereocenters. The average Bonchev–Trinajstić information content (AvgIpc) is 2.74.